The molecule has 0 aliphatic carbocycles. The number of aromatic nitrogens is 1. The van der Waals surface area contributed by atoms with Crippen LogP contribution in [-0.2, 0) is 19.6 Å². The van der Waals surface area contributed by atoms with Gasteiger partial charge in [0.2, 0.25) is 0 Å². The number of nitrogens with one attached hydrogen (secondary N) is 2. The lowest BCUT2D eigenvalue weighted by molar-refractivity contribution is 0.295. The van der Waals surface area contributed by atoms with Crippen LogP contribution < -0.4 is 10.6 Å². The fraction of sp³-hybridized carbons (Fsp3) is 0.524. The summed E-state index contributed by atoms with van der Waals surface area (Å²) in [5, 5.41) is 7.90. The number of thiazole rings is 1. The molecule has 0 amide bonds. The molecule has 0 spiro atoms. The molecule has 0 aliphatic rings. The largest absolute Gasteiger partial charge is 0.357 e. The van der Waals surface area contributed by atoms with Gasteiger partial charge < -0.3 is 10.6 Å². The van der Waals surface area contributed by atoms with Gasteiger partial charge in [0, 0.05) is 18.0 Å². The van der Waals surface area contributed by atoms with Crippen LogP contribution in [0.3, 0.4) is 0 Å². The van der Waals surface area contributed by atoms with E-state index >= 15 is 0 Å². The van der Waals surface area contributed by atoms with E-state index in [0.29, 0.717) is 6.54 Å². The third-order valence-corrected chi connectivity index (χ3v) is 5.65. The fourth-order valence-electron chi connectivity index (χ4n) is 2.96. The maximum atomic E-state index is 4.81. The quantitative estimate of drug-likeness (QED) is 0.294. The topological polar surface area (TPSA) is 52.6 Å². The minimum atomic E-state index is 0. The summed E-state index contributed by atoms with van der Waals surface area (Å²) in [6.07, 6.45) is 0. The Morgan fingerprint density at radius 1 is 1.07 bits per heavy atom. The molecular formula is C21H34IN5S. The monoisotopic (exact) mass is 515 g/mol. The molecule has 0 radical (unpaired) electrons. The van der Waals surface area contributed by atoms with E-state index in [9.17, 15) is 0 Å². The van der Waals surface area contributed by atoms with Crippen LogP contribution in [0.15, 0.2) is 29.3 Å². The summed E-state index contributed by atoms with van der Waals surface area (Å²) in [7, 11) is 0. The molecular weight excluding hydrogens is 481 g/mol. The molecule has 7 heteroatoms. The van der Waals surface area contributed by atoms with E-state index in [2.05, 4.69) is 72.5 Å². The van der Waals surface area contributed by atoms with Gasteiger partial charge in [0.25, 0.3) is 0 Å². The Balaban J connectivity index is 0.00000392. The maximum Gasteiger partial charge on any atom is 0.191 e. The minimum absolute atomic E-state index is 0. The average molecular weight is 516 g/mol. The lowest BCUT2D eigenvalue weighted by Gasteiger charge is -2.20. The predicted octanol–water partition coefficient (Wildman–Crippen LogP) is 4.48. The molecule has 1 heterocycles. The van der Waals surface area contributed by atoms with Crippen LogP contribution in [0.25, 0.3) is 0 Å². The summed E-state index contributed by atoms with van der Waals surface area (Å²) in [4.78, 5) is 13.0. The molecule has 0 atom stereocenters. The number of guanidine groups is 1. The highest BCUT2D eigenvalue weighted by molar-refractivity contribution is 14.0. The lowest BCUT2D eigenvalue weighted by Crippen LogP contribution is -2.36. The molecule has 0 saturated carbocycles. The second-order valence-electron chi connectivity index (χ2n) is 6.52. The Bertz CT molecular complexity index is 740. The summed E-state index contributed by atoms with van der Waals surface area (Å²) in [6, 6.07) is 8.61. The summed E-state index contributed by atoms with van der Waals surface area (Å²) in [6.45, 7) is 16.0. The number of halogens is 1. The van der Waals surface area contributed by atoms with Gasteiger partial charge in [0.15, 0.2) is 5.96 Å². The summed E-state index contributed by atoms with van der Waals surface area (Å²) < 4.78 is 0. The summed E-state index contributed by atoms with van der Waals surface area (Å²) >= 11 is 1.74. The van der Waals surface area contributed by atoms with Crippen LogP contribution in [0.4, 0.5) is 0 Å². The van der Waals surface area contributed by atoms with Gasteiger partial charge in [-0.1, -0.05) is 38.1 Å². The molecule has 0 aliphatic heterocycles. The van der Waals surface area contributed by atoms with Gasteiger partial charge >= 0.3 is 0 Å². The van der Waals surface area contributed by atoms with Gasteiger partial charge in [0.1, 0.15) is 0 Å². The SMILES string of the molecule is CCNC(=NCc1ccccc1CN(CC)CC)NCc1sc(C)nc1C.I. The number of hydrogen-bond acceptors (Lipinski definition) is 4. The van der Waals surface area contributed by atoms with Crippen LogP contribution >= 0.6 is 35.3 Å². The smallest absolute Gasteiger partial charge is 0.191 e. The Kier molecular flexibility index (Phi) is 11.6. The van der Waals surface area contributed by atoms with E-state index in [1.54, 1.807) is 11.3 Å². The van der Waals surface area contributed by atoms with E-state index < -0.39 is 0 Å². The van der Waals surface area contributed by atoms with Crippen molar-refractivity contribution in [1.82, 2.24) is 20.5 Å². The van der Waals surface area contributed by atoms with Crippen molar-refractivity contribution in [2.75, 3.05) is 19.6 Å². The number of hydrogen-bond donors (Lipinski definition) is 2. The van der Waals surface area contributed by atoms with Crippen molar-refractivity contribution >= 4 is 41.3 Å². The summed E-state index contributed by atoms with van der Waals surface area (Å²) in [5.74, 6) is 0.848. The third kappa shape index (κ3) is 7.67. The van der Waals surface area contributed by atoms with Gasteiger partial charge in [-0.3, -0.25) is 4.90 Å². The second kappa shape index (κ2) is 13.1. The van der Waals surface area contributed by atoms with Gasteiger partial charge in [-0.25, -0.2) is 9.98 Å². The van der Waals surface area contributed by atoms with Crippen molar-refractivity contribution in [3.05, 3.63) is 51.0 Å². The lowest BCUT2D eigenvalue weighted by atomic mass is 10.1. The highest BCUT2D eigenvalue weighted by atomic mass is 127. The standard InChI is InChI=1S/C21H33N5S.HI/c1-6-22-21(24-14-20-16(4)25-17(5)27-20)23-13-18-11-9-10-12-19(18)15-26(7-2)8-3;/h9-12H,6-8,13-15H2,1-5H3,(H2,22,23,24);1H. The first-order chi connectivity index (χ1) is 13.1. The molecule has 5 nitrogen and oxygen atoms in total. The molecule has 28 heavy (non-hydrogen) atoms. The first-order valence-electron chi connectivity index (χ1n) is 9.81. The fourth-order valence-corrected chi connectivity index (χ4v) is 3.84. The highest BCUT2D eigenvalue weighted by Gasteiger charge is 2.08. The molecule has 2 N–H and O–H groups in total. The van der Waals surface area contributed by atoms with Crippen LogP contribution in [0, 0.1) is 13.8 Å². The zero-order chi connectivity index (χ0) is 19.6. The van der Waals surface area contributed by atoms with Crippen molar-refractivity contribution in [2.24, 2.45) is 4.99 Å². The number of rotatable bonds is 9. The van der Waals surface area contributed by atoms with E-state index in [0.717, 1.165) is 49.4 Å². The average Bonchev–Trinajstić information content (AvgIpc) is 3.00. The van der Waals surface area contributed by atoms with Gasteiger partial charge in [0.05, 0.1) is 23.8 Å². The zero-order valence-electron chi connectivity index (χ0n) is 17.7. The predicted molar refractivity (Wildman–Crippen MR) is 132 cm³/mol. The highest BCUT2D eigenvalue weighted by Crippen LogP contribution is 2.16. The maximum absolute atomic E-state index is 4.81. The van der Waals surface area contributed by atoms with Crippen molar-refractivity contribution in [3.63, 3.8) is 0 Å². The van der Waals surface area contributed by atoms with Crippen molar-refractivity contribution in [3.8, 4) is 0 Å². The first kappa shape index (κ1) is 24.8. The molecule has 0 unspecified atom stereocenters. The molecule has 0 saturated heterocycles. The molecule has 1 aromatic carbocycles. The number of aryl methyl sites for hydroxylation is 2. The van der Waals surface area contributed by atoms with E-state index in [4.69, 9.17) is 4.99 Å². The van der Waals surface area contributed by atoms with E-state index in [1.165, 1.54) is 16.0 Å². The van der Waals surface area contributed by atoms with Crippen LogP contribution in [0.5, 0.6) is 0 Å². The zero-order valence-corrected chi connectivity index (χ0v) is 20.9. The van der Waals surface area contributed by atoms with Gasteiger partial charge in [-0.15, -0.1) is 35.3 Å². The molecule has 2 aromatic rings. The molecule has 0 fully saturated rings. The minimum Gasteiger partial charge on any atom is -0.357 e. The second-order valence-corrected chi connectivity index (χ2v) is 7.81. The van der Waals surface area contributed by atoms with Crippen molar-refractivity contribution < 1.29 is 0 Å². The van der Waals surface area contributed by atoms with Crippen molar-refractivity contribution in [1.29, 1.82) is 0 Å². The number of nitrogens with zero attached hydrogens (tertiary/aromatic N) is 3. The Hall–Kier alpha value is -1.19. The van der Waals surface area contributed by atoms with Crippen LogP contribution in [-0.4, -0.2) is 35.5 Å². The van der Waals surface area contributed by atoms with E-state index in [-0.39, 0.29) is 24.0 Å². The van der Waals surface area contributed by atoms with Gasteiger partial charge in [-0.05, 0) is 45.0 Å². The molecule has 2 rings (SSSR count). The van der Waals surface area contributed by atoms with Crippen LogP contribution in [0.2, 0.25) is 0 Å². The normalized spacial score (nSPS) is 11.4. The van der Waals surface area contributed by atoms with Crippen LogP contribution in [0.1, 0.15) is 47.5 Å². The Morgan fingerprint density at radius 2 is 1.75 bits per heavy atom. The molecule has 0 bridgehead atoms. The molecule has 156 valence electrons. The first-order valence-corrected chi connectivity index (χ1v) is 10.6. The summed E-state index contributed by atoms with van der Waals surface area (Å²) in [5.41, 5.74) is 3.74. The van der Waals surface area contributed by atoms with Gasteiger partial charge in [-0.2, -0.15) is 0 Å². The van der Waals surface area contributed by atoms with E-state index in [1.807, 2.05) is 6.92 Å². The molecule has 1 aromatic heterocycles. The number of aliphatic imine (C=N–C) groups is 1. The Morgan fingerprint density at radius 3 is 2.32 bits per heavy atom. The number of benzene rings is 1. The van der Waals surface area contributed by atoms with Crippen molar-refractivity contribution in [2.45, 2.75) is 54.3 Å². The Labute approximate surface area is 191 Å². The third-order valence-electron chi connectivity index (χ3n) is 4.57.